The van der Waals surface area contributed by atoms with E-state index >= 15 is 0 Å². The molecule has 1 N–H and O–H groups in total. The lowest BCUT2D eigenvalue weighted by atomic mass is 10.4. The van der Waals surface area contributed by atoms with E-state index in [0.717, 1.165) is 28.6 Å². The summed E-state index contributed by atoms with van der Waals surface area (Å²) in [5, 5.41) is 2.95. The number of aromatic nitrogens is 2. The van der Waals surface area contributed by atoms with E-state index in [2.05, 4.69) is 21.8 Å². The Bertz CT molecular complexity index is 589. The number of nitrogens with one attached hydrogen (secondary N) is 1. The molecule has 0 aromatic carbocycles. The van der Waals surface area contributed by atoms with Crippen LogP contribution in [0, 0.1) is 13.8 Å². The highest BCUT2D eigenvalue weighted by atomic mass is 32.2. The largest absolute Gasteiger partial charge is 0.350 e. The van der Waals surface area contributed by atoms with Crippen LogP contribution in [0.5, 0.6) is 0 Å². The summed E-state index contributed by atoms with van der Waals surface area (Å²) in [6.45, 7) is 7.50. The molecule has 2 aromatic rings. The molecular weight excluding hydrogens is 290 g/mol. The Morgan fingerprint density at radius 3 is 2.90 bits per heavy atom. The van der Waals surface area contributed by atoms with Gasteiger partial charge in [-0.05, 0) is 31.7 Å². The summed E-state index contributed by atoms with van der Waals surface area (Å²) in [5.74, 6) is 1.04. The van der Waals surface area contributed by atoms with E-state index in [0.29, 0.717) is 6.54 Å². The zero-order chi connectivity index (χ0) is 14.5. The minimum Gasteiger partial charge on any atom is -0.350 e. The predicted octanol–water partition coefficient (Wildman–Crippen LogP) is 3.10. The number of imidazole rings is 1. The predicted molar refractivity (Wildman–Crippen MR) is 84.8 cm³/mol. The molecule has 2 heterocycles. The first-order chi connectivity index (χ1) is 9.61. The molecule has 0 unspecified atom stereocenters. The van der Waals surface area contributed by atoms with Crippen LogP contribution in [-0.2, 0) is 6.54 Å². The third kappa shape index (κ3) is 3.64. The number of thioether (sulfide) groups is 1. The Labute approximate surface area is 127 Å². The summed E-state index contributed by atoms with van der Waals surface area (Å²) in [5.41, 5.74) is 2.19. The number of carbonyl (C=O) groups excluding carboxylic acids is 1. The van der Waals surface area contributed by atoms with Gasteiger partial charge in [0.1, 0.15) is 0 Å². The van der Waals surface area contributed by atoms with Crippen LogP contribution in [-0.4, -0.2) is 27.8 Å². The van der Waals surface area contributed by atoms with Gasteiger partial charge < -0.3 is 9.88 Å². The van der Waals surface area contributed by atoms with Crippen LogP contribution in [0.15, 0.2) is 22.7 Å². The van der Waals surface area contributed by atoms with Gasteiger partial charge in [0, 0.05) is 18.8 Å². The van der Waals surface area contributed by atoms with E-state index in [1.54, 1.807) is 23.1 Å². The lowest BCUT2D eigenvalue weighted by Crippen LogP contribution is -2.26. The van der Waals surface area contributed by atoms with Gasteiger partial charge in [0.25, 0.3) is 5.91 Å². The molecule has 0 radical (unpaired) electrons. The van der Waals surface area contributed by atoms with Crippen molar-refractivity contribution in [3.05, 3.63) is 34.7 Å². The fourth-order valence-electron chi connectivity index (χ4n) is 1.81. The molecule has 20 heavy (non-hydrogen) atoms. The second kappa shape index (κ2) is 6.95. The molecule has 6 heteroatoms. The molecule has 108 valence electrons. The van der Waals surface area contributed by atoms with E-state index in [-0.39, 0.29) is 5.91 Å². The quantitative estimate of drug-likeness (QED) is 0.834. The molecule has 0 saturated heterocycles. The van der Waals surface area contributed by atoms with Crippen LogP contribution >= 0.6 is 23.1 Å². The highest BCUT2D eigenvalue weighted by Gasteiger charge is 2.09. The van der Waals surface area contributed by atoms with Crippen molar-refractivity contribution >= 4 is 29.0 Å². The number of hydrogen-bond donors (Lipinski definition) is 1. The fraction of sp³-hybridized carbons (Fsp3) is 0.429. The van der Waals surface area contributed by atoms with Crippen LogP contribution in [0.4, 0.5) is 0 Å². The summed E-state index contributed by atoms with van der Waals surface area (Å²) in [6, 6.07) is 3.90. The van der Waals surface area contributed by atoms with Gasteiger partial charge >= 0.3 is 0 Å². The first-order valence-corrected chi connectivity index (χ1v) is 8.41. The third-order valence-electron chi connectivity index (χ3n) is 3.08. The van der Waals surface area contributed by atoms with E-state index in [1.165, 1.54) is 4.21 Å². The van der Waals surface area contributed by atoms with E-state index in [4.69, 9.17) is 0 Å². The minimum absolute atomic E-state index is 0.00689. The molecule has 1 amide bonds. The van der Waals surface area contributed by atoms with Gasteiger partial charge in [-0.3, -0.25) is 4.79 Å². The molecule has 0 fully saturated rings. The number of hydrogen-bond acceptors (Lipinski definition) is 4. The third-order valence-corrected chi connectivity index (χ3v) is 5.27. The average molecular weight is 309 g/mol. The van der Waals surface area contributed by atoms with Crippen LogP contribution < -0.4 is 5.32 Å². The Morgan fingerprint density at radius 1 is 1.45 bits per heavy atom. The van der Waals surface area contributed by atoms with Crippen molar-refractivity contribution in [1.29, 1.82) is 0 Å². The van der Waals surface area contributed by atoms with Gasteiger partial charge in [-0.2, -0.15) is 0 Å². The summed E-state index contributed by atoms with van der Waals surface area (Å²) >= 11 is 3.32. The maximum Gasteiger partial charge on any atom is 0.261 e. The minimum atomic E-state index is 0.00689. The zero-order valence-electron chi connectivity index (χ0n) is 12.0. The molecule has 4 nitrogen and oxygen atoms in total. The number of nitrogens with zero attached hydrogens (tertiary/aromatic N) is 2. The van der Waals surface area contributed by atoms with Crippen molar-refractivity contribution in [2.24, 2.45) is 0 Å². The van der Waals surface area contributed by atoms with Crippen molar-refractivity contribution in [3.8, 4) is 0 Å². The molecule has 0 saturated carbocycles. The van der Waals surface area contributed by atoms with Gasteiger partial charge in [0.2, 0.25) is 0 Å². The number of carbonyl (C=O) groups is 1. The lowest BCUT2D eigenvalue weighted by molar-refractivity contribution is 0.0956. The van der Waals surface area contributed by atoms with Crippen molar-refractivity contribution in [2.75, 3.05) is 12.3 Å². The number of amides is 1. The number of aryl methyl sites for hydroxylation is 1. The van der Waals surface area contributed by atoms with Crippen molar-refractivity contribution in [3.63, 3.8) is 0 Å². The second-order valence-electron chi connectivity index (χ2n) is 4.42. The first kappa shape index (κ1) is 15.1. The molecule has 0 bridgehead atoms. The Morgan fingerprint density at radius 2 is 2.25 bits per heavy atom. The monoisotopic (exact) mass is 309 g/mol. The lowest BCUT2D eigenvalue weighted by Gasteiger charge is -2.06. The summed E-state index contributed by atoms with van der Waals surface area (Å²) < 4.78 is 3.25. The standard InChI is InChI=1S/C14H19N3OS2/c1-4-19-13-6-5-12(20-13)14(18)15-7-8-17-9-16-10(2)11(17)3/h5-6,9H,4,7-8H2,1-3H3,(H,15,18). The highest BCUT2D eigenvalue weighted by Crippen LogP contribution is 2.26. The van der Waals surface area contributed by atoms with Crippen LogP contribution in [0.25, 0.3) is 0 Å². The van der Waals surface area contributed by atoms with Crippen molar-refractivity contribution < 1.29 is 4.79 Å². The van der Waals surface area contributed by atoms with E-state index < -0.39 is 0 Å². The summed E-state index contributed by atoms with van der Waals surface area (Å²) in [6.07, 6.45) is 1.82. The van der Waals surface area contributed by atoms with Crippen LogP contribution in [0.3, 0.4) is 0 Å². The van der Waals surface area contributed by atoms with Gasteiger partial charge in [0.05, 0.1) is 21.1 Å². The van der Waals surface area contributed by atoms with Crippen LogP contribution in [0.2, 0.25) is 0 Å². The normalized spacial score (nSPS) is 10.8. The van der Waals surface area contributed by atoms with Crippen molar-refractivity contribution in [2.45, 2.75) is 31.5 Å². The SMILES string of the molecule is CCSc1ccc(C(=O)NCCn2cnc(C)c2C)s1. The van der Waals surface area contributed by atoms with Gasteiger partial charge in [0.15, 0.2) is 0 Å². The molecule has 0 spiro atoms. The maximum atomic E-state index is 12.0. The molecule has 0 aliphatic carbocycles. The number of rotatable bonds is 6. The Hall–Kier alpha value is -1.27. The first-order valence-electron chi connectivity index (χ1n) is 6.61. The molecule has 0 aliphatic rings. The molecule has 2 rings (SSSR count). The van der Waals surface area contributed by atoms with E-state index in [1.807, 2.05) is 32.3 Å². The molecular formula is C14H19N3OS2. The molecule has 0 aliphatic heterocycles. The van der Waals surface area contributed by atoms with Crippen LogP contribution in [0.1, 0.15) is 28.0 Å². The topological polar surface area (TPSA) is 46.9 Å². The Kier molecular flexibility index (Phi) is 5.25. The number of thiophene rings is 1. The summed E-state index contributed by atoms with van der Waals surface area (Å²) in [7, 11) is 0. The van der Waals surface area contributed by atoms with Gasteiger partial charge in [-0.1, -0.05) is 6.92 Å². The zero-order valence-corrected chi connectivity index (χ0v) is 13.6. The van der Waals surface area contributed by atoms with Gasteiger partial charge in [-0.15, -0.1) is 23.1 Å². The van der Waals surface area contributed by atoms with Crippen molar-refractivity contribution in [1.82, 2.24) is 14.9 Å². The second-order valence-corrected chi connectivity index (χ2v) is 7.06. The average Bonchev–Trinajstić information content (AvgIpc) is 3.01. The smallest absolute Gasteiger partial charge is 0.261 e. The maximum absolute atomic E-state index is 12.0. The highest BCUT2D eigenvalue weighted by molar-refractivity contribution is 8.01. The molecule has 0 atom stereocenters. The van der Waals surface area contributed by atoms with Gasteiger partial charge in [-0.25, -0.2) is 4.98 Å². The van der Waals surface area contributed by atoms with E-state index in [9.17, 15) is 4.79 Å². The fourth-order valence-corrected chi connectivity index (χ4v) is 3.77. The summed E-state index contributed by atoms with van der Waals surface area (Å²) in [4.78, 5) is 17.0. The Balaban J connectivity index is 1.84. The molecule has 2 aromatic heterocycles.